The third-order valence-electron chi connectivity index (χ3n) is 4.00. The van der Waals surface area contributed by atoms with Crippen molar-refractivity contribution in [2.24, 2.45) is 7.05 Å². The van der Waals surface area contributed by atoms with Crippen molar-refractivity contribution in [3.8, 4) is 5.75 Å². The number of nitrogens with zero attached hydrogens (tertiary/aromatic N) is 1. The summed E-state index contributed by atoms with van der Waals surface area (Å²) in [6.07, 6.45) is 1.08. The van der Waals surface area contributed by atoms with Gasteiger partial charge in [0.25, 0.3) is 0 Å². The third-order valence-corrected chi connectivity index (χ3v) is 4.00. The summed E-state index contributed by atoms with van der Waals surface area (Å²) in [4.78, 5) is 0. The normalized spacial score (nSPS) is 17.8. The zero-order chi connectivity index (χ0) is 12.9. The Balaban J connectivity index is 2.24. The SMILES string of the molecule is COc1ccc2c3c(n(C)c2c1)CNC(C)(C)C3. The Morgan fingerprint density at radius 1 is 1.33 bits per heavy atom. The molecule has 2 heterocycles. The number of aryl methyl sites for hydroxylation is 1. The molecule has 2 aromatic rings. The van der Waals surface area contributed by atoms with E-state index in [2.05, 4.69) is 49.0 Å². The van der Waals surface area contributed by atoms with Crippen LogP contribution in [0.15, 0.2) is 18.2 Å². The fourth-order valence-corrected chi connectivity index (χ4v) is 2.92. The van der Waals surface area contributed by atoms with Crippen molar-refractivity contribution in [2.75, 3.05) is 7.11 Å². The van der Waals surface area contributed by atoms with E-state index < -0.39 is 0 Å². The van der Waals surface area contributed by atoms with Gasteiger partial charge in [-0.2, -0.15) is 0 Å². The summed E-state index contributed by atoms with van der Waals surface area (Å²) in [5.74, 6) is 0.924. The van der Waals surface area contributed by atoms with E-state index >= 15 is 0 Å². The van der Waals surface area contributed by atoms with Crippen LogP contribution in [-0.2, 0) is 20.0 Å². The van der Waals surface area contributed by atoms with E-state index in [0.29, 0.717) is 0 Å². The standard InChI is InChI=1S/C15H20N2O/c1-15(2)8-12-11-6-5-10(18-4)7-13(11)17(3)14(12)9-16-15/h5-7,16H,8-9H2,1-4H3. The average Bonchev–Trinajstić information content (AvgIpc) is 2.61. The van der Waals surface area contributed by atoms with Crippen LogP contribution in [0, 0.1) is 0 Å². The highest BCUT2D eigenvalue weighted by molar-refractivity contribution is 5.87. The monoisotopic (exact) mass is 244 g/mol. The van der Waals surface area contributed by atoms with Crippen LogP contribution in [0.2, 0.25) is 0 Å². The first-order valence-electron chi connectivity index (χ1n) is 6.41. The second kappa shape index (κ2) is 3.75. The van der Waals surface area contributed by atoms with Crippen molar-refractivity contribution in [3.05, 3.63) is 29.5 Å². The maximum atomic E-state index is 5.32. The highest BCUT2D eigenvalue weighted by Gasteiger charge is 2.28. The molecular formula is C15H20N2O. The van der Waals surface area contributed by atoms with Gasteiger partial charge >= 0.3 is 0 Å². The molecule has 0 amide bonds. The van der Waals surface area contributed by atoms with E-state index in [9.17, 15) is 0 Å². The molecule has 0 aliphatic carbocycles. The summed E-state index contributed by atoms with van der Waals surface area (Å²) in [5, 5.41) is 4.96. The maximum Gasteiger partial charge on any atom is 0.120 e. The van der Waals surface area contributed by atoms with Crippen LogP contribution in [0.25, 0.3) is 10.9 Å². The van der Waals surface area contributed by atoms with Crippen molar-refractivity contribution < 1.29 is 4.74 Å². The molecule has 1 N–H and O–H groups in total. The quantitative estimate of drug-likeness (QED) is 0.834. The lowest BCUT2D eigenvalue weighted by Gasteiger charge is -2.31. The molecule has 3 rings (SSSR count). The molecule has 0 saturated heterocycles. The van der Waals surface area contributed by atoms with Crippen molar-refractivity contribution >= 4 is 10.9 Å². The maximum absolute atomic E-state index is 5.32. The largest absolute Gasteiger partial charge is 0.497 e. The average molecular weight is 244 g/mol. The molecule has 0 saturated carbocycles. The zero-order valence-corrected chi connectivity index (χ0v) is 11.5. The van der Waals surface area contributed by atoms with Gasteiger partial charge in [0.1, 0.15) is 5.75 Å². The van der Waals surface area contributed by atoms with Gasteiger partial charge in [0.2, 0.25) is 0 Å². The van der Waals surface area contributed by atoms with E-state index in [0.717, 1.165) is 18.7 Å². The molecule has 0 atom stereocenters. The Kier molecular flexibility index (Phi) is 2.42. The van der Waals surface area contributed by atoms with Crippen molar-refractivity contribution in [3.63, 3.8) is 0 Å². The van der Waals surface area contributed by atoms with E-state index in [-0.39, 0.29) is 5.54 Å². The number of hydrogen-bond donors (Lipinski definition) is 1. The molecule has 0 unspecified atom stereocenters. The molecule has 18 heavy (non-hydrogen) atoms. The van der Waals surface area contributed by atoms with Crippen LogP contribution in [0.4, 0.5) is 0 Å². The summed E-state index contributed by atoms with van der Waals surface area (Å²) in [5.41, 5.74) is 4.33. The highest BCUT2D eigenvalue weighted by Crippen LogP contribution is 2.33. The van der Waals surface area contributed by atoms with Gasteiger partial charge in [-0.3, -0.25) is 0 Å². The fraction of sp³-hybridized carbons (Fsp3) is 0.467. The second-order valence-electron chi connectivity index (χ2n) is 5.78. The lowest BCUT2D eigenvalue weighted by molar-refractivity contribution is 0.357. The van der Waals surface area contributed by atoms with Gasteiger partial charge in [-0.25, -0.2) is 0 Å². The summed E-state index contributed by atoms with van der Waals surface area (Å²) in [7, 11) is 3.86. The number of methoxy groups -OCH3 is 1. The minimum atomic E-state index is 0.182. The Bertz CT molecular complexity index is 610. The number of aromatic nitrogens is 1. The Morgan fingerprint density at radius 3 is 2.83 bits per heavy atom. The summed E-state index contributed by atoms with van der Waals surface area (Å²) < 4.78 is 7.61. The fourth-order valence-electron chi connectivity index (χ4n) is 2.92. The molecule has 1 aliphatic rings. The van der Waals surface area contributed by atoms with Crippen LogP contribution in [0.1, 0.15) is 25.1 Å². The first-order valence-corrected chi connectivity index (χ1v) is 6.41. The minimum absolute atomic E-state index is 0.182. The number of rotatable bonds is 1. The number of nitrogens with one attached hydrogen (secondary N) is 1. The Labute approximate surface area is 108 Å². The number of ether oxygens (including phenoxy) is 1. The minimum Gasteiger partial charge on any atom is -0.497 e. The topological polar surface area (TPSA) is 26.2 Å². The van der Waals surface area contributed by atoms with Crippen molar-refractivity contribution in [1.29, 1.82) is 0 Å². The van der Waals surface area contributed by atoms with Crippen molar-refractivity contribution in [2.45, 2.75) is 32.4 Å². The van der Waals surface area contributed by atoms with Crippen LogP contribution in [-0.4, -0.2) is 17.2 Å². The molecule has 1 aliphatic heterocycles. The van der Waals surface area contributed by atoms with Crippen LogP contribution in [0.5, 0.6) is 5.75 Å². The van der Waals surface area contributed by atoms with Crippen LogP contribution in [0.3, 0.4) is 0 Å². The molecule has 0 spiro atoms. The molecule has 0 radical (unpaired) electrons. The second-order valence-corrected chi connectivity index (χ2v) is 5.78. The molecule has 3 heteroatoms. The zero-order valence-electron chi connectivity index (χ0n) is 11.5. The van der Waals surface area contributed by atoms with Gasteiger partial charge in [0.15, 0.2) is 0 Å². The van der Waals surface area contributed by atoms with Crippen LogP contribution < -0.4 is 10.1 Å². The first kappa shape index (κ1) is 11.6. The van der Waals surface area contributed by atoms with Gasteiger partial charge in [-0.1, -0.05) is 0 Å². The van der Waals surface area contributed by atoms with E-state index in [1.807, 2.05) is 0 Å². The molecule has 1 aromatic heterocycles. The van der Waals surface area contributed by atoms with Crippen LogP contribution >= 0.6 is 0 Å². The summed E-state index contributed by atoms with van der Waals surface area (Å²) in [6.45, 7) is 5.46. The van der Waals surface area contributed by atoms with E-state index in [1.54, 1.807) is 7.11 Å². The third kappa shape index (κ3) is 1.62. The predicted molar refractivity (Wildman–Crippen MR) is 74.1 cm³/mol. The molecule has 0 fully saturated rings. The van der Waals surface area contributed by atoms with Gasteiger partial charge in [-0.15, -0.1) is 0 Å². The smallest absolute Gasteiger partial charge is 0.120 e. The first-order chi connectivity index (χ1) is 8.52. The highest BCUT2D eigenvalue weighted by atomic mass is 16.5. The molecule has 1 aromatic carbocycles. The van der Waals surface area contributed by atoms with Gasteiger partial charge < -0.3 is 14.6 Å². The lowest BCUT2D eigenvalue weighted by atomic mass is 9.89. The summed E-state index contributed by atoms with van der Waals surface area (Å²) >= 11 is 0. The number of benzene rings is 1. The summed E-state index contributed by atoms with van der Waals surface area (Å²) in [6, 6.07) is 6.37. The van der Waals surface area contributed by atoms with E-state index in [4.69, 9.17) is 4.74 Å². The van der Waals surface area contributed by atoms with Gasteiger partial charge in [0.05, 0.1) is 12.6 Å². The molecular weight excluding hydrogens is 224 g/mol. The predicted octanol–water partition coefficient (Wildman–Crippen LogP) is 2.61. The Hall–Kier alpha value is -1.48. The molecule has 0 bridgehead atoms. The molecule has 3 nitrogen and oxygen atoms in total. The van der Waals surface area contributed by atoms with Gasteiger partial charge in [0, 0.05) is 36.3 Å². The lowest BCUT2D eigenvalue weighted by Crippen LogP contribution is -2.44. The number of hydrogen-bond acceptors (Lipinski definition) is 2. The van der Waals surface area contributed by atoms with E-state index in [1.165, 1.54) is 22.2 Å². The van der Waals surface area contributed by atoms with Gasteiger partial charge in [-0.05, 0) is 38.0 Å². The molecule has 96 valence electrons. The van der Waals surface area contributed by atoms with Crippen molar-refractivity contribution in [1.82, 2.24) is 9.88 Å². The number of fused-ring (bicyclic) bond motifs is 3. The Morgan fingerprint density at radius 2 is 2.11 bits per heavy atom.